The average molecular weight is 565 g/mol. The molecular formula is C26H31F3N6O3S. The second kappa shape index (κ2) is 10.9. The maximum Gasteiger partial charge on any atom is 0.272 e. The van der Waals surface area contributed by atoms with E-state index in [-0.39, 0.29) is 23.0 Å². The Hall–Kier alpha value is -3.48. The predicted octanol–water partition coefficient (Wildman–Crippen LogP) is 5.13. The number of halogens is 3. The van der Waals surface area contributed by atoms with Crippen LogP contribution >= 0.6 is 0 Å². The molecule has 210 valence electrons. The van der Waals surface area contributed by atoms with E-state index in [1.54, 1.807) is 19.9 Å². The van der Waals surface area contributed by atoms with E-state index in [1.165, 1.54) is 31.6 Å². The molecule has 2 aromatic rings. The number of alkyl halides is 2. The summed E-state index contributed by atoms with van der Waals surface area (Å²) >= 11 is 0. The molecule has 2 aliphatic rings. The third-order valence-corrected chi connectivity index (χ3v) is 10.6. The number of nitrogens with two attached hydrogens (primary N) is 1. The first-order chi connectivity index (χ1) is 18.4. The maximum absolute atomic E-state index is 15.3. The molecule has 0 amide bonds. The van der Waals surface area contributed by atoms with Gasteiger partial charge >= 0.3 is 0 Å². The van der Waals surface area contributed by atoms with Crippen LogP contribution in [0.25, 0.3) is 17.0 Å². The SMILES string of the molecule is C=C(/C(F)=C\C=C(/C)c1cc(-c2cnc(OCC(F)F)cn2)no1)[C@]1(C)C[S@](=O)(=NC)C2(CCCC2)C(N)=N1. The van der Waals surface area contributed by atoms with Crippen molar-refractivity contribution >= 4 is 21.1 Å². The Labute approximate surface area is 225 Å². The molecule has 13 heteroatoms. The van der Waals surface area contributed by atoms with Crippen LogP contribution in [-0.2, 0) is 9.73 Å². The number of aromatic nitrogens is 3. The van der Waals surface area contributed by atoms with Crippen molar-refractivity contribution in [3.8, 4) is 17.3 Å². The number of rotatable bonds is 8. The number of ether oxygens (including phenoxy) is 1. The van der Waals surface area contributed by atoms with Crippen LogP contribution in [0, 0.1) is 0 Å². The molecule has 0 saturated heterocycles. The summed E-state index contributed by atoms with van der Waals surface area (Å²) in [6.07, 6.45) is 5.74. The number of allylic oxidation sites excluding steroid dienone is 3. The molecule has 39 heavy (non-hydrogen) atoms. The van der Waals surface area contributed by atoms with E-state index in [2.05, 4.69) is 31.1 Å². The molecule has 0 radical (unpaired) electrons. The van der Waals surface area contributed by atoms with Gasteiger partial charge in [-0.1, -0.05) is 30.7 Å². The molecule has 2 N–H and O–H groups in total. The van der Waals surface area contributed by atoms with Crippen LogP contribution in [0.2, 0.25) is 0 Å². The van der Waals surface area contributed by atoms with Gasteiger partial charge in [0.25, 0.3) is 6.43 Å². The monoisotopic (exact) mass is 564 g/mol. The van der Waals surface area contributed by atoms with Gasteiger partial charge in [0.15, 0.2) is 12.4 Å². The highest BCUT2D eigenvalue weighted by molar-refractivity contribution is 7.96. The molecule has 1 spiro atoms. The minimum Gasteiger partial charge on any atom is -0.470 e. The van der Waals surface area contributed by atoms with Gasteiger partial charge in [-0.3, -0.25) is 4.99 Å². The Morgan fingerprint density at radius 3 is 2.62 bits per heavy atom. The zero-order chi connectivity index (χ0) is 28.4. The van der Waals surface area contributed by atoms with E-state index < -0.39 is 38.9 Å². The predicted molar refractivity (Wildman–Crippen MR) is 144 cm³/mol. The van der Waals surface area contributed by atoms with Gasteiger partial charge in [0.05, 0.1) is 33.4 Å². The van der Waals surface area contributed by atoms with Gasteiger partial charge in [0, 0.05) is 18.7 Å². The lowest BCUT2D eigenvalue weighted by Gasteiger charge is -2.42. The maximum atomic E-state index is 15.3. The minimum absolute atomic E-state index is 0.0401. The Kier molecular flexibility index (Phi) is 8.01. The first kappa shape index (κ1) is 28.5. The van der Waals surface area contributed by atoms with Gasteiger partial charge in [0.1, 0.15) is 27.8 Å². The fraction of sp³-hybridized carbons (Fsp3) is 0.462. The molecular weight excluding hydrogens is 533 g/mol. The van der Waals surface area contributed by atoms with E-state index in [4.69, 9.17) is 15.0 Å². The van der Waals surface area contributed by atoms with Crippen molar-refractivity contribution in [1.82, 2.24) is 15.1 Å². The normalized spacial score (nSPS) is 25.2. The van der Waals surface area contributed by atoms with E-state index in [0.29, 0.717) is 35.6 Å². The van der Waals surface area contributed by atoms with Crippen LogP contribution < -0.4 is 10.5 Å². The third-order valence-electron chi connectivity index (χ3n) is 7.19. The van der Waals surface area contributed by atoms with Gasteiger partial charge in [0.2, 0.25) is 5.88 Å². The number of hydrogen-bond acceptors (Lipinski definition) is 9. The van der Waals surface area contributed by atoms with Crippen molar-refractivity contribution < 1.29 is 26.6 Å². The minimum atomic E-state index is -2.79. The quantitative estimate of drug-likeness (QED) is 0.440. The van der Waals surface area contributed by atoms with Crippen molar-refractivity contribution in [2.24, 2.45) is 15.1 Å². The van der Waals surface area contributed by atoms with Crippen LogP contribution in [0.3, 0.4) is 0 Å². The molecule has 9 nitrogen and oxygen atoms in total. The molecule has 3 heterocycles. The molecule has 1 fully saturated rings. The Morgan fingerprint density at radius 2 is 2.00 bits per heavy atom. The van der Waals surface area contributed by atoms with Crippen molar-refractivity contribution in [1.29, 1.82) is 0 Å². The first-order valence-electron chi connectivity index (χ1n) is 12.4. The topological polar surface area (TPSA) is 129 Å². The Bertz CT molecular complexity index is 1450. The molecule has 1 saturated carbocycles. The fourth-order valence-electron chi connectivity index (χ4n) is 4.89. The van der Waals surface area contributed by atoms with E-state index in [1.807, 2.05) is 0 Å². The van der Waals surface area contributed by atoms with Crippen LogP contribution in [0.4, 0.5) is 13.2 Å². The summed E-state index contributed by atoms with van der Waals surface area (Å²) in [5, 5.41) is 3.94. The van der Waals surface area contributed by atoms with Crippen molar-refractivity contribution in [2.45, 2.75) is 56.2 Å². The Balaban J connectivity index is 1.51. The molecule has 2 aromatic heterocycles. The van der Waals surface area contributed by atoms with E-state index >= 15 is 4.39 Å². The summed E-state index contributed by atoms with van der Waals surface area (Å²) in [5.41, 5.74) is 6.45. The smallest absolute Gasteiger partial charge is 0.272 e. The van der Waals surface area contributed by atoms with Crippen LogP contribution in [-0.4, -0.2) is 61.3 Å². The van der Waals surface area contributed by atoms with E-state index in [0.717, 1.165) is 12.8 Å². The fourth-order valence-corrected chi connectivity index (χ4v) is 7.94. The molecule has 1 aliphatic heterocycles. The van der Waals surface area contributed by atoms with Gasteiger partial charge in [-0.2, -0.15) is 0 Å². The lowest BCUT2D eigenvalue weighted by atomic mass is 9.92. The van der Waals surface area contributed by atoms with Gasteiger partial charge in [-0.25, -0.2) is 31.7 Å². The number of hydrogen-bond donors (Lipinski definition) is 1. The molecule has 0 unspecified atom stereocenters. The number of nitrogens with zero attached hydrogens (tertiary/aromatic N) is 5. The Morgan fingerprint density at radius 1 is 1.28 bits per heavy atom. The average Bonchev–Trinajstić information content (AvgIpc) is 3.61. The second-order valence-corrected chi connectivity index (χ2v) is 12.5. The first-order valence-corrected chi connectivity index (χ1v) is 14.0. The molecule has 4 rings (SSSR count). The number of aliphatic imine (C=N–C) groups is 1. The second-order valence-electron chi connectivity index (χ2n) is 9.80. The highest BCUT2D eigenvalue weighted by Gasteiger charge is 2.54. The van der Waals surface area contributed by atoms with Crippen LogP contribution in [0.15, 0.2) is 62.5 Å². The van der Waals surface area contributed by atoms with E-state index in [9.17, 15) is 13.0 Å². The third kappa shape index (κ3) is 5.49. The van der Waals surface area contributed by atoms with Crippen LogP contribution in [0.1, 0.15) is 45.3 Å². The van der Waals surface area contributed by atoms with Gasteiger partial charge in [-0.05, 0) is 38.3 Å². The van der Waals surface area contributed by atoms with Crippen LogP contribution in [0.5, 0.6) is 5.88 Å². The number of amidine groups is 1. The largest absolute Gasteiger partial charge is 0.470 e. The highest BCUT2D eigenvalue weighted by atomic mass is 32.2. The zero-order valence-corrected chi connectivity index (χ0v) is 22.8. The molecule has 1 aliphatic carbocycles. The molecule has 0 aromatic carbocycles. The van der Waals surface area contributed by atoms with Gasteiger partial charge in [-0.15, -0.1) is 0 Å². The van der Waals surface area contributed by atoms with Crippen molar-refractivity contribution in [3.63, 3.8) is 0 Å². The van der Waals surface area contributed by atoms with Crippen molar-refractivity contribution in [2.75, 3.05) is 19.4 Å². The zero-order valence-electron chi connectivity index (χ0n) is 22.0. The molecule has 0 bridgehead atoms. The summed E-state index contributed by atoms with van der Waals surface area (Å²) in [5.74, 6) is -0.0335. The summed E-state index contributed by atoms with van der Waals surface area (Å²) < 4.78 is 67.5. The summed E-state index contributed by atoms with van der Waals surface area (Å²) in [6, 6.07) is 1.59. The summed E-state index contributed by atoms with van der Waals surface area (Å²) in [7, 11) is -1.26. The highest BCUT2D eigenvalue weighted by Crippen LogP contribution is 2.45. The van der Waals surface area contributed by atoms with Crippen molar-refractivity contribution in [3.05, 3.63) is 54.4 Å². The molecule has 2 atom stereocenters. The standard InChI is InChI=1S/C26H31F3N6O3S/c1-16(21-11-19(35-38-21)20-12-33-23(13-32-20)37-14-22(28)29)7-8-18(27)17(2)25(3)15-39(36,31-4)26(24(30)34-25)9-5-6-10-26/h7-8,11-13,22H,2,5-6,9-10,14-15H2,1,3-4H3,(H2,30,34)/b16-7+,18-8+/t25-,39+/m0/s1. The lowest BCUT2D eigenvalue weighted by Crippen LogP contribution is -2.58. The van der Waals surface area contributed by atoms with Gasteiger partial charge < -0.3 is 15.0 Å². The summed E-state index contributed by atoms with van der Waals surface area (Å²) in [6.45, 7) is 6.51. The summed E-state index contributed by atoms with van der Waals surface area (Å²) in [4.78, 5) is 12.7. The lowest BCUT2D eigenvalue weighted by molar-refractivity contribution is 0.0794.